The molecule has 0 spiro atoms. The maximum Gasteiger partial charge on any atom is 0.374 e. The highest BCUT2D eigenvalue weighted by Crippen LogP contribution is 2.41. The van der Waals surface area contributed by atoms with Gasteiger partial charge in [-0.2, -0.15) is 0 Å². The summed E-state index contributed by atoms with van der Waals surface area (Å²) in [7, 11) is 0. The van der Waals surface area contributed by atoms with Crippen LogP contribution in [0.1, 0.15) is 22.8 Å². The Bertz CT molecular complexity index is 1010. The first-order valence-electron chi connectivity index (χ1n) is 8.78. The Balaban J connectivity index is 1.54. The van der Waals surface area contributed by atoms with Gasteiger partial charge in [0.25, 0.3) is 0 Å². The van der Waals surface area contributed by atoms with Crippen molar-refractivity contribution in [2.24, 2.45) is 0 Å². The molecule has 4 nitrogen and oxygen atoms in total. The predicted octanol–water partition coefficient (Wildman–Crippen LogP) is 4.97. The highest BCUT2D eigenvalue weighted by molar-refractivity contribution is 6.00. The van der Waals surface area contributed by atoms with Crippen LogP contribution in [-0.2, 0) is 16.1 Å². The molecule has 5 heteroatoms. The van der Waals surface area contributed by atoms with E-state index in [1.165, 1.54) is 24.3 Å². The van der Waals surface area contributed by atoms with E-state index in [1.807, 2.05) is 30.3 Å². The van der Waals surface area contributed by atoms with E-state index in [9.17, 15) is 14.3 Å². The molecule has 1 N–H and O–H groups in total. The van der Waals surface area contributed by atoms with Gasteiger partial charge >= 0.3 is 5.97 Å². The van der Waals surface area contributed by atoms with Crippen LogP contribution in [0.2, 0.25) is 0 Å². The lowest BCUT2D eigenvalue weighted by molar-refractivity contribution is -0.142. The van der Waals surface area contributed by atoms with Gasteiger partial charge in [-0.15, -0.1) is 0 Å². The minimum atomic E-state index is -0.797. The average molecular weight is 376 g/mol. The maximum absolute atomic E-state index is 13.2. The summed E-state index contributed by atoms with van der Waals surface area (Å²) >= 11 is 0. The summed E-state index contributed by atoms with van der Waals surface area (Å²) in [6.07, 6.45) is -0.763. The van der Waals surface area contributed by atoms with E-state index in [-0.39, 0.29) is 0 Å². The van der Waals surface area contributed by atoms with Gasteiger partial charge in [-0.05, 0) is 41.0 Å². The molecule has 0 bridgehead atoms. The first-order chi connectivity index (χ1) is 13.6. The Morgan fingerprint density at radius 1 is 0.929 bits per heavy atom. The molecule has 0 saturated carbocycles. The summed E-state index contributed by atoms with van der Waals surface area (Å²) in [4.78, 5) is 11.9. The third-order valence-electron chi connectivity index (χ3n) is 4.52. The van der Waals surface area contributed by atoms with E-state index >= 15 is 0 Å². The molecule has 0 aliphatic carbocycles. The van der Waals surface area contributed by atoms with E-state index in [0.29, 0.717) is 29.1 Å². The summed E-state index contributed by atoms with van der Waals surface area (Å²) in [5.41, 5.74) is 2.59. The van der Waals surface area contributed by atoms with Crippen molar-refractivity contribution in [1.29, 1.82) is 0 Å². The van der Waals surface area contributed by atoms with Gasteiger partial charge in [-0.3, -0.25) is 0 Å². The smallest absolute Gasteiger partial charge is 0.374 e. The van der Waals surface area contributed by atoms with Crippen LogP contribution in [0.3, 0.4) is 0 Å². The molecule has 140 valence electrons. The lowest BCUT2D eigenvalue weighted by Gasteiger charge is -2.15. The van der Waals surface area contributed by atoms with Crippen LogP contribution < -0.4 is 4.74 Å². The minimum Gasteiger partial charge on any atom is -0.502 e. The average Bonchev–Trinajstić information content (AvgIpc) is 3.03. The minimum absolute atomic E-state index is 0.322. The van der Waals surface area contributed by atoms with Gasteiger partial charge in [-0.25, -0.2) is 9.18 Å². The van der Waals surface area contributed by atoms with Crippen molar-refractivity contribution >= 4 is 11.5 Å². The second-order valence-corrected chi connectivity index (χ2v) is 6.40. The zero-order chi connectivity index (χ0) is 19.5. The molecular weight excluding hydrogens is 359 g/mol. The van der Waals surface area contributed by atoms with Gasteiger partial charge in [-0.1, -0.05) is 54.6 Å². The lowest BCUT2D eigenvalue weighted by Crippen LogP contribution is -2.03. The molecule has 1 aliphatic heterocycles. The molecule has 3 aromatic carbocycles. The summed E-state index contributed by atoms with van der Waals surface area (Å²) < 4.78 is 24.3. The fourth-order valence-corrected chi connectivity index (χ4v) is 3.09. The molecule has 3 aromatic rings. The van der Waals surface area contributed by atoms with E-state index in [2.05, 4.69) is 0 Å². The van der Waals surface area contributed by atoms with Crippen LogP contribution >= 0.6 is 0 Å². The number of hydrogen-bond donors (Lipinski definition) is 1. The van der Waals surface area contributed by atoms with Gasteiger partial charge < -0.3 is 14.6 Å². The number of aliphatic hydroxyl groups is 1. The number of benzene rings is 3. The largest absolute Gasteiger partial charge is 0.502 e. The number of rotatable bonds is 5. The van der Waals surface area contributed by atoms with Crippen molar-refractivity contribution < 1.29 is 23.8 Å². The van der Waals surface area contributed by atoms with Gasteiger partial charge in [0.05, 0.1) is 5.57 Å². The summed E-state index contributed by atoms with van der Waals surface area (Å²) in [6.45, 7) is 0.445. The van der Waals surface area contributed by atoms with Gasteiger partial charge in [0.1, 0.15) is 18.2 Å². The van der Waals surface area contributed by atoms with Crippen molar-refractivity contribution in [1.82, 2.24) is 0 Å². The second kappa shape index (κ2) is 7.56. The van der Waals surface area contributed by atoms with Crippen molar-refractivity contribution in [3.05, 3.63) is 107 Å². The highest BCUT2D eigenvalue weighted by Gasteiger charge is 2.36. The molecule has 4 rings (SSSR count). The predicted molar refractivity (Wildman–Crippen MR) is 102 cm³/mol. The number of aliphatic hydroxyl groups excluding tert-OH is 1. The number of hydrogen-bond acceptors (Lipinski definition) is 4. The van der Waals surface area contributed by atoms with E-state index in [4.69, 9.17) is 9.47 Å². The monoisotopic (exact) mass is 376 g/mol. The molecular formula is C23H17FO4. The van der Waals surface area contributed by atoms with Crippen LogP contribution in [0.25, 0.3) is 5.57 Å². The lowest BCUT2D eigenvalue weighted by atomic mass is 9.95. The Morgan fingerprint density at radius 3 is 2.29 bits per heavy atom. The van der Waals surface area contributed by atoms with Crippen LogP contribution in [0.5, 0.6) is 5.75 Å². The van der Waals surface area contributed by atoms with Crippen molar-refractivity contribution in [2.75, 3.05) is 0 Å². The van der Waals surface area contributed by atoms with Gasteiger partial charge in [0.2, 0.25) is 5.76 Å². The zero-order valence-corrected chi connectivity index (χ0v) is 14.8. The Labute approximate surface area is 161 Å². The SMILES string of the molecule is O=C1OC(c2ccc(OCc3ccccc3)cc2)C(c2ccc(F)cc2)=C1O. The fourth-order valence-electron chi connectivity index (χ4n) is 3.09. The Kier molecular flexibility index (Phi) is 4.81. The Hall–Kier alpha value is -3.60. The quantitative estimate of drug-likeness (QED) is 0.639. The fraction of sp³-hybridized carbons (Fsp3) is 0.0870. The zero-order valence-electron chi connectivity index (χ0n) is 14.8. The summed E-state index contributed by atoms with van der Waals surface area (Å²) in [6, 6.07) is 22.5. The summed E-state index contributed by atoms with van der Waals surface area (Å²) in [5, 5.41) is 10.2. The van der Waals surface area contributed by atoms with Gasteiger partial charge in [0, 0.05) is 0 Å². The van der Waals surface area contributed by atoms with Crippen LogP contribution in [0.4, 0.5) is 4.39 Å². The molecule has 1 atom stereocenters. The molecule has 1 heterocycles. The molecule has 0 saturated heterocycles. The number of ether oxygens (including phenoxy) is 2. The number of halogens is 1. The first kappa shape index (κ1) is 17.8. The van der Waals surface area contributed by atoms with Crippen LogP contribution in [0, 0.1) is 5.82 Å². The third-order valence-corrected chi connectivity index (χ3v) is 4.52. The van der Waals surface area contributed by atoms with Crippen LogP contribution in [0.15, 0.2) is 84.6 Å². The maximum atomic E-state index is 13.2. The molecule has 1 aliphatic rings. The molecule has 0 fully saturated rings. The Morgan fingerprint density at radius 2 is 1.61 bits per heavy atom. The number of esters is 1. The third kappa shape index (κ3) is 3.60. The van der Waals surface area contributed by atoms with E-state index < -0.39 is 23.6 Å². The van der Waals surface area contributed by atoms with Crippen molar-refractivity contribution in [3.8, 4) is 5.75 Å². The van der Waals surface area contributed by atoms with Crippen molar-refractivity contribution in [3.63, 3.8) is 0 Å². The first-order valence-corrected chi connectivity index (χ1v) is 8.78. The number of cyclic esters (lactones) is 1. The second-order valence-electron chi connectivity index (χ2n) is 6.40. The normalized spacial score (nSPS) is 16.2. The molecule has 0 amide bonds. The summed E-state index contributed by atoms with van der Waals surface area (Å²) in [5.74, 6) is -0.978. The van der Waals surface area contributed by atoms with E-state index in [1.54, 1.807) is 24.3 Å². The number of carbonyl (C=O) groups is 1. The van der Waals surface area contributed by atoms with Crippen LogP contribution in [-0.4, -0.2) is 11.1 Å². The molecule has 1 unspecified atom stereocenters. The molecule has 28 heavy (non-hydrogen) atoms. The molecule has 0 radical (unpaired) electrons. The molecule has 0 aromatic heterocycles. The van der Waals surface area contributed by atoms with E-state index in [0.717, 1.165) is 5.56 Å². The highest BCUT2D eigenvalue weighted by atomic mass is 19.1. The topological polar surface area (TPSA) is 55.8 Å². The van der Waals surface area contributed by atoms with Gasteiger partial charge in [0.15, 0.2) is 6.10 Å². The standard InChI is InChI=1S/C23H17FO4/c24-18-10-6-16(7-11-18)20-21(25)23(26)28-22(20)17-8-12-19(13-9-17)27-14-15-4-2-1-3-5-15/h1-13,22,25H,14H2. The van der Waals surface area contributed by atoms with Crippen molar-refractivity contribution in [2.45, 2.75) is 12.7 Å². The number of carbonyl (C=O) groups excluding carboxylic acids is 1.